The van der Waals surface area contributed by atoms with Crippen LogP contribution in [0.3, 0.4) is 0 Å². The monoisotopic (exact) mass is 467 g/mol. The van der Waals surface area contributed by atoms with Gasteiger partial charge in [0, 0.05) is 44.2 Å². The molecule has 1 unspecified atom stereocenters. The van der Waals surface area contributed by atoms with Crippen LogP contribution in [0.2, 0.25) is 0 Å². The molecular formula is C28H38FN3O2. The van der Waals surface area contributed by atoms with Crippen LogP contribution in [0.1, 0.15) is 31.7 Å². The lowest BCUT2D eigenvalue weighted by molar-refractivity contribution is -0.127. The van der Waals surface area contributed by atoms with E-state index in [0.717, 1.165) is 58.5 Å². The van der Waals surface area contributed by atoms with Gasteiger partial charge in [-0.2, -0.15) is 0 Å². The number of amides is 1. The fourth-order valence-electron chi connectivity index (χ4n) is 5.40. The second-order valence-corrected chi connectivity index (χ2v) is 9.73. The average molecular weight is 468 g/mol. The van der Waals surface area contributed by atoms with Crippen LogP contribution in [0.25, 0.3) is 0 Å². The number of benzene rings is 2. The summed E-state index contributed by atoms with van der Waals surface area (Å²) in [6.07, 6.45) is 4.13. The van der Waals surface area contributed by atoms with Crippen LogP contribution in [0.4, 0.5) is 4.39 Å². The molecule has 3 atom stereocenters. The van der Waals surface area contributed by atoms with Gasteiger partial charge in [-0.15, -0.1) is 0 Å². The number of nitrogens with one attached hydrogen (secondary N) is 1. The predicted molar refractivity (Wildman–Crippen MR) is 133 cm³/mol. The van der Waals surface area contributed by atoms with Crippen LogP contribution in [-0.4, -0.2) is 67.6 Å². The number of hydrogen-bond donors (Lipinski definition) is 1. The van der Waals surface area contributed by atoms with Gasteiger partial charge in [-0.1, -0.05) is 43.3 Å². The Labute approximate surface area is 203 Å². The molecule has 2 aromatic rings. The summed E-state index contributed by atoms with van der Waals surface area (Å²) in [4.78, 5) is 18.0. The van der Waals surface area contributed by atoms with Crippen LogP contribution in [0, 0.1) is 17.7 Å². The van der Waals surface area contributed by atoms with E-state index in [4.69, 9.17) is 4.74 Å². The average Bonchev–Trinajstić information content (AvgIpc) is 3.33. The van der Waals surface area contributed by atoms with Crippen molar-refractivity contribution >= 4 is 5.91 Å². The Morgan fingerprint density at radius 2 is 2.00 bits per heavy atom. The summed E-state index contributed by atoms with van der Waals surface area (Å²) in [6.45, 7) is 8.16. The summed E-state index contributed by atoms with van der Waals surface area (Å²) >= 11 is 0. The van der Waals surface area contributed by atoms with E-state index in [0.29, 0.717) is 18.4 Å². The zero-order valence-corrected chi connectivity index (χ0v) is 20.3. The van der Waals surface area contributed by atoms with E-state index in [1.165, 1.54) is 24.1 Å². The van der Waals surface area contributed by atoms with Gasteiger partial charge in [-0.05, 0) is 56.5 Å². The summed E-state index contributed by atoms with van der Waals surface area (Å²) in [7, 11) is 0. The molecule has 1 N–H and O–H groups in total. The van der Waals surface area contributed by atoms with Crippen molar-refractivity contribution in [2.45, 2.75) is 38.6 Å². The van der Waals surface area contributed by atoms with Gasteiger partial charge in [-0.25, -0.2) is 4.39 Å². The summed E-state index contributed by atoms with van der Waals surface area (Å²) in [5.41, 5.74) is 1.31. The number of nitrogens with zero attached hydrogens (tertiary/aromatic N) is 2. The number of likely N-dealkylation sites (N-methyl/N-ethyl adjacent to an activating group) is 1. The summed E-state index contributed by atoms with van der Waals surface area (Å²) in [5, 5.41) is 3.26. The normalized spacial score (nSPS) is 23.6. The second kappa shape index (κ2) is 12.3. The van der Waals surface area contributed by atoms with Crippen molar-refractivity contribution in [3.63, 3.8) is 0 Å². The highest BCUT2D eigenvalue weighted by atomic mass is 19.1. The number of carbonyl (C=O) groups excluding carboxylic acids is 1. The third-order valence-corrected chi connectivity index (χ3v) is 7.24. The highest BCUT2D eigenvalue weighted by Crippen LogP contribution is 2.25. The Kier molecular flexibility index (Phi) is 8.94. The van der Waals surface area contributed by atoms with Crippen LogP contribution in [0.5, 0.6) is 5.75 Å². The number of carbonyl (C=O) groups is 1. The van der Waals surface area contributed by atoms with E-state index in [9.17, 15) is 9.18 Å². The smallest absolute Gasteiger partial charge is 0.224 e. The number of piperidine rings is 1. The van der Waals surface area contributed by atoms with Crippen LogP contribution in [0.15, 0.2) is 54.6 Å². The molecule has 184 valence electrons. The van der Waals surface area contributed by atoms with Gasteiger partial charge in [0.15, 0.2) is 0 Å². The SMILES string of the molecule is CCN1CCCC1CNC(=O)[C@@H]1C[C@H](COc2cccc(F)c2)CN(CCc2ccccc2)C1. The standard InChI is InChI=1S/C28H38FN3O2/c1-2-32-14-7-11-26(32)18-30-28(33)24-16-23(21-34-27-12-6-10-25(29)17-27)19-31(20-24)15-13-22-8-4-3-5-9-22/h3-6,8-10,12,17,23-24,26H,2,7,11,13-16,18-21H2,1H3,(H,30,33)/t23-,24+,26?/m0/s1. The van der Waals surface area contributed by atoms with Crippen molar-refractivity contribution in [2.75, 3.05) is 45.9 Å². The Balaban J connectivity index is 1.35. The molecule has 2 aliphatic rings. The molecular weight excluding hydrogens is 429 g/mol. The van der Waals surface area contributed by atoms with Gasteiger partial charge >= 0.3 is 0 Å². The quantitative estimate of drug-likeness (QED) is 0.574. The summed E-state index contributed by atoms with van der Waals surface area (Å²) < 4.78 is 19.5. The minimum Gasteiger partial charge on any atom is -0.493 e. The molecule has 0 saturated carbocycles. The minimum atomic E-state index is -0.295. The van der Waals surface area contributed by atoms with Crippen molar-refractivity contribution in [1.29, 1.82) is 0 Å². The second-order valence-electron chi connectivity index (χ2n) is 9.73. The Morgan fingerprint density at radius 3 is 2.79 bits per heavy atom. The fourth-order valence-corrected chi connectivity index (χ4v) is 5.40. The molecule has 0 bridgehead atoms. The first-order valence-corrected chi connectivity index (χ1v) is 12.8. The largest absolute Gasteiger partial charge is 0.493 e. The lowest BCUT2D eigenvalue weighted by atomic mass is 9.88. The number of rotatable bonds is 10. The van der Waals surface area contributed by atoms with Gasteiger partial charge in [0.05, 0.1) is 12.5 Å². The first-order chi connectivity index (χ1) is 16.6. The number of hydrogen-bond acceptors (Lipinski definition) is 4. The lowest BCUT2D eigenvalue weighted by Crippen LogP contribution is -2.49. The van der Waals surface area contributed by atoms with Crippen LogP contribution in [-0.2, 0) is 11.2 Å². The van der Waals surface area contributed by atoms with Gasteiger partial charge in [0.1, 0.15) is 11.6 Å². The van der Waals surface area contributed by atoms with E-state index < -0.39 is 0 Å². The Bertz CT molecular complexity index is 910. The maximum Gasteiger partial charge on any atom is 0.224 e. The van der Waals surface area contributed by atoms with Crippen molar-refractivity contribution < 1.29 is 13.9 Å². The third kappa shape index (κ3) is 7.03. The first-order valence-electron chi connectivity index (χ1n) is 12.8. The molecule has 4 rings (SSSR count). The lowest BCUT2D eigenvalue weighted by Gasteiger charge is -2.37. The Hall–Kier alpha value is -2.44. The highest BCUT2D eigenvalue weighted by Gasteiger charge is 2.33. The zero-order chi connectivity index (χ0) is 23.8. The first kappa shape index (κ1) is 24.7. The maximum absolute atomic E-state index is 13.5. The third-order valence-electron chi connectivity index (χ3n) is 7.24. The number of likely N-dealkylation sites (tertiary alicyclic amines) is 2. The molecule has 2 aromatic carbocycles. The molecule has 5 nitrogen and oxygen atoms in total. The van der Waals surface area contributed by atoms with Crippen molar-refractivity contribution in [1.82, 2.24) is 15.1 Å². The van der Waals surface area contributed by atoms with Gasteiger partial charge in [0.25, 0.3) is 0 Å². The number of ether oxygens (including phenoxy) is 1. The summed E-state index contributed by atoms with van der Waals surface area (Å²) in [5.74, 6) is 0.576. The van der Waals surface area contributed by atoms with Crippen LogP contribution < -0.4 is 10.1 Å². The maximum atomic E-state index is 13.5. The van der Waals surface area contributed by atoms with E-state index >= 15 is 0 Å². The molecule has 0 aromatic heterocycles. The van der Waals surface area contributed by atoms with Crippen molar-refractivity contribution in [3.8, 4) is 5.75 Å². The van der Waals surface area contributed by atoms with Crippen molar-refractivity contribution in [3.05, 3.63) is 66.0 Å². The molecule has 2 heterocycles. The number of halogens is 1. The summed E-state index contributed by atoms with van der Waals surface area (Å²) in [6, 6.07) is 17.2. The van der Waals surface area contributed by atoms with Gasteiger partial charge in [0.2, 0.25) is 5.91 Å². The molecule has 1 amide bonds. The van der Waals surface area contributed by atoms with E-state index in [1.54, 1.807) is 12.1 Å². The molecule has 34 heavy (non-hydrogen) atoms. The van der Waals surface area contributed by atoms with Gasteiger partial charge in [-0.3, -0.25) is 9.69 Å². The van der Waals surface area contributed by atoms with Crippen molar-refractivity contribution in [2.24, 2.45) is 11.8 Å². The molecule has 6 heteroatoms. The topological polar surface area (TPSA) is 44.8 Å². The highest BCUT2D eigenvalue weighted by molar-refractivity contribution is 5.79. The van der Waals surface area contributed by atoms with E-state index in [1.807, 2.05) is 6.07 Å². The fraction of sp³-hybridized carbons (Fsp3) is 0.536. The Morgan fingerprint density at radius 1 is 1.15 bits per heavy atom. The van der Waals surface area contributed by atoms with Gasteiger partial charge < -0.3 is 15.0 Å². The van der Waals surface area contributed by atoms with E-state index in [-0.39, 0.29) is 23.6 Å². The van der Waals surface area contributed by atoms with Crippen LogP contribution >= 0.6 is 0 Å². The molecule has 2 fully saturated rings. The predicted octanol–water partition coefficient (Wildman–Crippen LogP) is 3.99. The molecule has 0 aliphatic carbocycles. The molecule has 0 radical (unpaired) electrons. The molecule has 2 aliphatic heterocycles. The molecule has 0 spiro atoms. The minimum absolute atomic E-state index is 0.0536. The van der Waals surface area contributed by atoms with E-state index in [2.05, 4.69) is 46.3 Å². The molecule has 2 saturated heterocycles. The zero-order valence-electron chi connectivity index (χ0n) is 20.3.